The highest BCUT2D eigenvalue weighted by atomic mass is 16.5. The summed E-state index contributed by atoms with van der Waals surface area (Å²) >= 11 is 0. The van der Waals surface area contributed by atoms with Gasteiger partial charge in [0.1, 0.15) is 11.4 Å². The normalized spacial score (nSPS) is 10.8. The lowest BCUT2D eigenvalue weighted by Gasteiger charge is -2.13. The Kier molecular flexibility index (Phi) is 5.59. The van der Waals surface area contributed by atoms with Gasteiger partial charge in [-0.25, -0.2) is 0 Å². The second kappa shape index (κ2) is 8.08. The van der Waals surface area contributed by atoms with Crippen LogP contribution < -0.4 is 14.2 Å². The van der Waals surface area contributed by atoms with Crippen LogP contribution in [-0.2, 0) is 0 Å². The summed E-state index contributed by atoms with van der Waals surface area (Å²) in [5, 5.41) is 1.09. The van der Waals surface area contributed by atoms with E-state index in [0.717, 1.165) is 0 Å². The molecule has 0 bridgehead atoms. The average molecular weight is 379 g/mol. The number of ketones is 1. The van der Waals surface area contributed by atoms with Gasteiger partial charge in [0, 0.05) is 22.7 Å². The van der Waals surface area contributed by atoms with E-state index in [1.807, 2.05) is 13.8 Å². The first kappa shape index (κ1) is 19.4. The highest BCUT2D eigenvalue weighted by molar-refractivity contribution is 6.17. The Morgan fingerprint density at radius 3 is 2.32 bits per heavy atom. The topological polar surface area (TPSA) is 74.7 Å². The van der Waals surface area contributed by atoms with Gasteiger partial charge >= 0.3 is 0 Å². The second-order valence-electron chi connectivity index (χ2n) is 6.46. The van der Waals surface area contributed by atoms with Gasteiger partial charge in [0.25, 0.3) is 0 Å². The number of carbonyl (C=O) groups excluding carboxylic acids is 2. The van der Waals surface area contributed by atoms with Crippen molar-refractivity contribution in [3.63, 3.8) is 0 Å². The maximum atomic E-state index is 13.2. The molecular weight excluding hydrogens is 358 g/mol. The SMILES string of the molecule is COc1cc2c(C=O)cnc(C(=O)c3cccc(OC(C)C)c3)c2cc1OC. The number of hydrogen-bond acceptors (Lipinski definition) is 6. The van der Waals surface area contributed by atoms with Crippen LogP contribution in [0.3, 0.4) is 0 Å². The van der Waals surface area contributed by atoms with E-state index in [1.165, 1.54) is 20.4 Å². The molecule has 0 atom stereocenters. The van der Waals surface area contributed by atoms with Crippen LogP contribution in [-0.4, -0.2) is 37.4 Å². The molecule has 0 aliphatic heterocycles. The zero-order valence-electron chi connectivity index (χ0n) is 16.2. The summed E-state index contributed by atoms with van der Waals surface area (Å²) < 4.78 is 16.3. The quantitative estimate of drug-likeness (QED) is 0.455. The minimum absolute atomic E-state index is 0.00657. The van der Waals surface area contributed by atoms with Crippen LogP contribution >= 0.6 is 0 Å². The lowest BCUT2D eigenvalue weighted by molar-refractivity contribution is 0.103. The molecule has 144 valence electrons. The number of hydrogen-bond donors (Lipinski definition) is 0. The molecule has 6 nitrogen and oxygen atoms in total. The molecule has 2 aromatic carbocycles. The van der Waals surface area contributed by atoms with Crippen LogP contribution in [0.2, 0.25) is 0 Å². The molecule has 0 unspecified atom stereocenters. The average Bonchev–Trinajstić information content (AvgIpc) is 2.71. The summed E-state index contributed by atoms with van der Waals surface area (Å²) in [6, 6.07) is 10.3. The number of nitrogens with zero attached hydrogens (tertiary/aromatic N) is 1. The Labute approximate surface area is 163 Å². The molecule has 0 amide bonds. The number of aldehydes is 1. The van der Waals surface area contributed by atoms with E-state index in [0.29, 0.717) is 45.4 Å². The first-order chi connectivity index (χ1) is 13.5. The molecule has 0 aliphatic rings. The maximum absolute atomic E-state index is 13.2. The van der Waals surface area contributed by atoms with Crippen molar-refractivity contribution in [1.29, 1.82) is 0 Å². The van der Waals surface area contributed by atoms with Gasteiger partial charge in [0.15, 0.2) is 17.8 Å². The smallest absolute Gasteiger partial charge is 0.212 e. The number of aromatic nitrogens is 1. The number of benzene rings is 2. The van der Waals surface area contributed by atoms with Gasteiger partial charge in [-0.05, 0) is 43.5 Å². The van der Waals surface area contributed by atoms with Crippen molar-refractivity contribution in [2.24, 2.45) is 0 Å². The number of rotatable bonds is 7. The highest BCUT2D eigenvalue weighted by Crippen LogP contribution is 2.35. The molecule has 28 heavy (non-hydrogen) atoms. The summed E-state index contributed by atoms with van der Waals surface area (Å²) in [6.45, 7) is 3.84. The number of fused-ring (bicyclic) bond motifs is 1. The van der Waals surface area contributed by atoms with Crippen molar-refractivity contribution >= 4 is 22.8 Å². The Balaban J connectivity index is 2.17. The van der Waals surface area contributed by atoms with Gasteiger partial charge in [-0.15, -0.1) is 0 Å². The largest absolute Gasteiger partial charge is 0.493 e. The van der Waals surface area contributed by atoms with Crippen molar-refractivity contribution < 1.29 is 23.8 Å². The zero-order chi connectivity index (χ0) is 20.3. The first-order valence-electron chi connectivity index (χ1n) is 8.79. The minimum Gasteiger partial charge on any atom is -0.493 e. The molecule has 0 radical (unpaired) electrons. The van der Waals surface area contributed by atoms with E-state index in [9.17, 15) is 9.59 Å². The molecule has 3 aromatic rings. The maximum Gasteiger partial charge on any atom is 0.212 e. The lowest BCUT2D eigenvalue weighted by Crippen LogP contribution is -2.09. The van der Waals surface area contributed by atoms with Crippen LogP contribution in [0.4, 0.5) is 0 Å². The highest BCUT2D eigenvalue weighted by Gasteiger charge is 2.19. The fourth-order valence-corrected chi connectivity index (χ4v) is 2.98. The summed E-state index contributed by atoms with van der Waals surface area (Å²) in [4.78, 5) is 28.9. The van der Waals surface area contributed by atoms with Crippen molar-refractivity contribution in [3.05, 3.63) is 59.4 Å². The standard InChI is InChI=1S/C22H21NO5/c1-13(2)28-16-7-5-6-14(8-16)22(25)21-18-10-20(27-4)19(26-3)9-17(18)15(12-24)11-23-21/h5-13H,1-4H3. The molecule has 0 aliphatic carbocycles. The van der Waals surface area contributed by atoms with Crippen LogP contribution in [0.25, 0.3) is 10.8 Å². The lowest BCUT2D eigenvalue weighted by atomic mass is 9.99. The number of pyridine rings is 1. The number of carbonyl (C=O) groups is 2. The minimum atomic E-state index is -0.274. The molecule has 0 N–H and O–H groups in total. The third-order valence-corrected chi connectivity index (χ3v) is 4.23. The summed E-state index contributed by atoms with van der Waals surface area (Å²) in [6.07, 6.45) is 2.09. The van der Waals surface area contributed by atoms with Crippen molar-refractivity contribution in [3.8, 4) is 17.2 Å². The summed E-state index contributed by atoms with van der Waals surface area (Å²) in [5.41, 5.74) is 1.04. The number of methoxy groups -OCH3 is 2. The van der Waals surface area contributed by atoms with Crippen LogP contribution in [0.1, 0.15) is 40.3 Å². The number of ether oxygens (including phenoxy) is 3. The molecule has 1 heterocycles. The predicted molar refractivity (Wildman–Crippen MR) is 106 cm³/mol. The third kappa shape index (κ3) is 3.67. The van der Waals surface area contributed by atoms with Crippen molar-refractivity contribution in [2.45, 2.75) is 20.0 Å². The van der Waals surface area contributed by atoms with Crippen LogP contribution in [0, 0.1) is 0 Å². The summed E-state index contributed by atoms with van der Waals surface area (Å²) in [7, 11) is 3.02. The monoisotopic (exact) mass is 379 g/mol. The molecular formula is C22H21NO5. The Morgan fingerprint density at radius 1 is 1.04 bits per heavy atom. The van der Waals surface area contributed by atoms with Gasteiger partial charge in [-0.3, -0.25) is 14.6 Å². The Morgan fingerprint density at radius 2 is 1.71 bits per heavy atom. The van der Waals surface area contributed by atoms with E-state index >= 15 is 0 Å². The van der Waals surface area contributed by atoms with E-state index in [4.69, 9.17) is 14.2 Å². The van der Waals surface area contributed by atoms with Gasteiger partial charge in [-0.2, -0.15) is 0 Å². The Bertz CT molecular complexity index is 1040. The van der Waals surface area contributed by atoms with Crippen molar-refractivity contribution in [2.75, 3.05) is 14.2 Å². The molecule has 6 heteroatoms. The fraction of sp³-hybridized carbons (Fsp3) is 0.227. The van der Waals surface area contributed by atoms with Crippen molar-refractivity contribution in [1.82, 2.24) is 4.98 Å². The third-order valence-electron chi connectivity index (χ3n) is 4.23. The fourth-order valence-electron chi connectivity index (χ4n) is 2.98. The van der Waals surface area contributed by atoms with Gasteiger partial charge < -0.3 is 14.2 Å². The predicted octanol–water partition coefficient (Wildman–Crippen LogP) is 4.08. The van der Waals surface area contributed by atoms with Crippen LogP contribution in [0.15, 0.2) is 42.6 Å². The van der Waals surface area contributed by atoms with Gasteiger partial charge in [-0.1, -0.05) is 12.1 Å². The molecule has 0 saturated carbocycles. The molecule has 0 saturated heterocycles. The van der Waals surface area contributed by atoms with Crippen LogP contribution in [0.5, 0.6) is 17.2 Å². The molecule has 0 spiro atoms. The van der Waals surface area contributed by atoms with Gasteiger partial charge in [0.05, 0.1) is 20.3 Å². The van der Waals surface area contributed by atoms with Gasteiger partial charge in [0.2, 0.25) is 5.78 Å². The Hall–Kier alpha value is -3.41. The van der Waals surface area contributed by atoms with E-state index in [2.05, 4.69) is 4.98 Å². The first-order valence-corrected chi connectivity index (χ1v) is 8.79. The molecule has 1 aromatic heterocycles. The van der Waals surface area contributed by atoms with E-state index in [-0.39, 0.29) is 17.6 Å². The summed E-state index contributed by atoms with van der Waals surface area (Å²) in [5.74, 6) is 1.25. The second-order valence-corrected chi connectivity index (χ2v) is 6.46. The molecule has 0 fully saturated rings. The van der Waals surface area contributed by atoms with E-state index in [1.54, 1.807) is 36.4 Å². The zero-order valence-corrected chi connectivity index (χ0v) is 16.2. The van der Waals surface area contributed by atoms with E-state index < -0.39 is 0 Å². The molecule has 3 rings (SSSR count).